The van der Waals surface area contributed by atoms with Crippen LogP contribution < -0.4 is 16.6 Å². The van der Waals surface area contributed by atoms with Crippen LogP contribution in [0.25, 0.3) is 0 Å². The number of carbonyl (C=O) groups is 1. The normalized spacial score (nSPS) is 12.1. The number of aliphatic carboxylic acids is 1. The first-order chi connectivity index (χ1) is 6.49. The zero-order valence-corrected chi connectivity index (χ0v) is 7.33. The van der Waals surface area contributed by atoms with E-state index in [0.29, 0.717) is 0 Å². The Morgan fingerprint density at radius 1 is 1.50 bits per heavy atom. The summed E-state index contributed by atoms with van der Waals surface area (Å²) in [4.78, 5) is 36.2. The molecule has 0 unspecified atom stereocenters. The highest BCUT2D eigenvalue weighted by atomic mass is 16.4. The van der Waals surface area contributed by atoms with Crippen molar-refractivity contribution in [3.63, 3.8) is 0 Å². The summed E-state index contributed by atoms with van der Waals surface area (Å²) in [6, 6.07) is 0.188. The first-order valence-electron chi connectivity index (χ1n) is 3.82. The highest BCUT2D eigenvalue weighted by molar-refractivity contribution is 5.76. The number of nitrogens with one attached hydrogen (secondary N) is 3. The first kappa shape index (κ1) is 10.0. The summed E-state index contributed by atoms with van der Waals surface area (Å²) >= 11 is 0. The van der Waals surface area contributed by atoms with Crippen molar-refractivity contribution in [1.82, 2.24) is 9.97 Å². The third-order valence-corrected chi connectivity index (χ3v) is 1.50. The molecule has 0 aliphatic heterocycles. The van der Waals surface area contributed by atoms with Crippen molar-refractivity contribution < 1.29 is 9.90 Å². The molecule has 0 spiro atoms. The van der Waals surface area contributed by atoms with Gasteiger partial charge in [0.15, 0.2) is 0 Å². The van der Waals surface area contributed by atoms with E-state index in [-0.39, 0.29) is 5.82 Å². The summed E-state index contributed by atoms with van der Waals surface area (Å²) in [6.45, 7) is 1.39. The van der Waals surface area contributed by atoms with Crippen LogP contribution in [0.1, 0.15) is 6.92 Å². The molecule has 0 saturated carbocycles. The second-order valence-corrected chi connectivity index (χ2v) is 2.71. The number of hydrogen-bond donors (Lipinski definition) is 4. The zero-order chi connectivity index (χ0) is 10.7. The summed E-state index contributed by atoms with van der Waals surface area (Å²) in [5, 5.41) is 11.0. The van der Waals surface area contributed by atoms with Crippen molar-refractivity contribution >= 4 is 11.8 Å². The highest BCUT2D eigenvalue weighted by Gasteiger charge is 2.10. The Balaban J connectivity index is 2.92. The average molecular weight is 199 g/mol. The van der Waals surface area contributed by atoms with E-state index in [9.17, 15) is 14.4 Å². The van der Waals surface area contributed by atoms with Gasteiger partial charge in [0, 0.05) is 6.07 Å². The molecule has 1 heterocycles. The van der Waals surface area contributed by atoms with E-state index in [1.165, 1.54) is 6.92 Å². The van der Waals surface area contributed by atoms with Gasteiger partial charge in [0.25, 0.3) is 5.56 Å². The number of aromatic amines is 2. The van der Waals surface area contributed by atoms with Crippen LogP contribution in [0, 0.1) is 0 Å². The van der Waals surface area contributed by atoms with Gasteiger partial charge in [-0.1, -0.05) is 0 Å². The molecule has 0 bridgehead atoms. The molecule has 0 aromatic carbocycles. The van der Waals surface area contributed by atoms with Gasteiger partial charge in [0.2, 0.25) is 0 Å². The lowest BCUT2D eigenvalue weighted by Crippen LogP contribution is -2.29. The molecule has 7 nitrogen and oxygen atoms in total. The summed E-state index contributed by atoms with van der Waals surface area (Å²) in [6.07, 6.45) is 0. The summed E-state index contributed by atoms with van der Waals surface area (Å²) < 4.78 is 0. The molecule has 0 amide bonds. The molecule has 0 fully saturated rings. The maximum atomic E-state index is 10.8. The van der Waals surface area contributed by atoms with Crippen LogP contribution in [0.4, 0.5) is 5.82 Å². The zero-order valence-electron chi connectivity index (χ0n) is 7.33. The van der Waals surface area contributed by atoms with Crippen molar-refractivity contribution in [2.45, 2.75) is 13.0 Å². The van der Waals surface area contributed by atoms with E-state index in [2.05, 4.69) is 10.3 Å². The molecule has 1 aromatic rings. The Hall–Kier alpha value is -2.05. The SMILES string of the molecule is C[C@H](Nc1cc(=O)[nH]c(=O)[nH]1)C(=O)O. The summed E-state index contributed by atoms with van der Waals surface area (Å²) in [5.74, 6) is -1.00. The van der Waals surface area contributed by atoms with E-state index in [4.69, 9.17) is 5.11 Å². The van der Waals surface area contributed by atoms with E-state index in [1.54, 1.807) is 0 Å². The van der Waals surface area contributed by atoms with Gasteiger partial charge >= 0.3 is 11.7 Å². The number of carboxylic acids is 1. The van der Waals surface area contributed by atoms with Crippen LogP contribution in [0.15, 0.2) is 15.7 Å². The number of carboxylic acid groups (broad SMARTS) is 1. The van der Waals surface area contributed by atoms with Crippen LogP contribution in [0.2, 0.25) is 0 Å². The fraction of sp³-hybridized carbons (Fsp3) is 0.286. The maximum absolute atomic E-state index is 10.8. The van der Waals surface area contributed by atoms with Gasteiger partial charge in [0.05, 0.1) is 0 Å². The Bertz CT molecular complexity index is 418. The van der Waals surface area contributed by atoms with Gasteiger partial charge in [0.1, 0.15) is 11.9 Å². The van der Waals surface area contributed by atoms with Crippen molar-refractivity contribution in [2.24, 2.45) is 0 Å². The smallest absolute Gasteiger partial charge is 0.327 e. The Morgan fingerprint density at radius 2 is 2.14 bits per heavy atom. The Labute approximate surface area is 77.8 Å². The molecular formula is C7H9N3O4. The second kappa shape index (κ2) is 3.77. The van der Waals surface area contributed by atoms with E-state index >= 15 is 0 Å². The molecule has 14 heavy (non-hydrogen) atoms. The lowest BCUT2D eigenvalue weighted by atomic mass is 10.3. The fourth-order valence-electron chi connectivity index (χ4n) is 0.841. The fourth-order valence-corrected chi connectivity index (χ4v) is 0.841. The minimum atomic E-state index is -1.08. The molecule has 0 aliphatic rings. The topological polar surface area (TPSA) is 115 Å². The summed E-state index contributed by atoms with van der Waals surface area (Å²) in [5.41, 5.74) is -1.27. The lowest BCUT2D eigenvalue weighted by Gasteiger charge is -2.08. The Morgan fingerprint density at radius 3 is 2.64 bits per heavy atom. The number of anilines is 1. The van der Waals surface area contributed by atoms with Gasteiger partial charge in [-0.2, -0.15) is 0 Å². The highest BCUT2D eigenvalue weighted by Crippen LogP contribution is 1.96. The minimum Gasteiger partial charge on any atom is -0.480 e. The monoisotopic (exact) mass is 199 g/mol. The van der Waals surface area contributed by atoms with Crippen LogP contribution in [0.5, 0.6) is 0 Å². The largest absolute Gasteiger partial charge is 0.480 e. The molecule has 1 aromatic heterocycles. The average Bonchev–Trinajstić information content (AvgIpc) is 2.01. The molecule has 0 aliphatic carbocycles. The van der Waals surface area contributed by atoms with Crippen LogP contribution in [-0.4, -0.2) is 27.1 Å². The van der Waals surface area contributed by atoms with E-state index in [0.717, 1.165) is 6.07 Å². The van der Waals surface area contributed by atoms with Gasteiger partial charge in [-0.05, 0) is 6.92 Å². The number of hydrogen-bond acceptors (Lipinski definition) is 4. The van der Waals surface area contributed by atoms with Crippen molar-refractivity contribution in [3.8, 4) is 0 Å². The molecule has 1 rings (SSSR count). The number of rotatable bonds is 3. The third kappa shape index (κ3) is 2.47. The lowest BCUT2D eigenvalue weighted by molar-refractivity contribution is -0.137. The van der Waals surface area contributed by atoms with E-state index < -0.39 is 23.3 Å². The van der Waals surface area contributed by atoms with Gasteiger partial charge < -0.3 is 10.4 Å². The predicted molar refractivity (Wildman–Crippen MR) is 48.4 cm³/mol. The molecule has 0 saturated heterocycles. The van der Waals surface area contributed by atoms with Gasteiger partial charge in [-0.15, -0.1) is 0 Å². The Kier molecular flexibility index (Phi) is 2.70. The third-order valence-electron chi connectivity index (χ3n) is 1.50. The van der Waals surface area contributed by atoms with Crippen molar-refractivity contribution in [3.05, 3.63) is 26.9 Å². The predicted octanol–water partition coefficient (Wildman–Crippen LogP) is -1.05. The van der Waals surface area contributed by atoms with Gasteiger partial charge in [-0.25, -0.2) is 4.79 Å². The quantitative estimate of drug-likeness (QED) is 0.495. The minimum absolute atomic E-state index is 0.0775. The van der Waals surface area contributed by atoms with Crippen LogP contribution in [0.3, 0.4) is 0 Å². The molecule has 4 N–H and O–H groups in total. The molecular weight excluding hydrogens is 190 g/mol. The molecule has 0 radical (unpaired) electrons. The molecule has 7 heteroatoms. The second-order valence-electron chi connectivity index (χ2n) is 2.71. The summed E-state index contributed by atoms with van der Waals surface area (Å²) in [7, 11) is 0. The van der Waals surface area contributed by atoms with Crippen molar-refractivity contribution in [2.75, 3.05) is 5.32 Å². The maximum Gasteiger partial charge on any atom is 0.327 e. The van der Waals surface area contributed by atoms with Crippen LogP contribution in [-0.2, 0) is 4.79 Å². The standard InChI is InChI=1S/C7H9N3O4/c1-3(6(12)13)8-4-2-5(11)10-7(14)9-4/h2-3H,1H3,(H,12,13)(H3,8,9,10,11,14)/t3-/m0/s1. The molecule has 1 atom stereocenters. The van der Waals surface area contributed by atoms with Crippen molar-refractivity contribution in [1.29, 1.82) is 0 Å². The van der Waals surface area contributed by atoms with Crippen LogP contribution >= 0.6 is 0 Å². The van der Waals surface area contributed by atoms with Gasteiger partial charge in [-0.3, -0.25) is 19.6 Å². The van der Waals surface area contributed by atoms with E-state index in [1.807, 2.05) is 4.98 Å². The first-order valence-corrected chi connectivity index (χ1v) is 3.82. The molecule has 76 valence electrons. The number of aromatic nitrogens is 2. The number of H-pyrrole nitrogens is 2.